The highest BCUT2D eigenvalue weighted by molar-refractivity contribution is 7.98. The Labute approximate surface area is 140 Å². The van der Waals surface area contributed by atoms with E-state index < -0.39 is 0 Å². The molecule has 1 heterocycles. The SMILES string of the molecule is CSc1nnc(COc2ccccc2)n1CCc1ccccc1. The normalized spacial score (nSPS) is 10.7. The minimum atomic E-state index is 0.423. The average molecular weight is 325 g/mol. The van der Waals surface area contributed by atoms with Crippen molar-refractivity contribution in [3.63, 3.8) is 0 Å². The molecule has 0 aliphatic rings. The van der Waals surface area contributed by atoms with Gasteiger partial charge in [0.15, 0.2) is 11.0 Å². The second-order valence-corrected chi connectivity index (χ2v) is 5.87. The summed E-state index contributed by atoms with van der Waals surface area (Å²) in [6, 6.07) is 20.2. The van der Waals surface area contributed by atoms with Gasteiger partial charge in [-0.1, -0.05) is 60.3 Å². The summed E-state index contributed by atoms with van der Waals surface area (Å²) in [6.45, 7) is 1.27. The van der Waals surface area contributed by atoms with E-state index in [-0.39, 0.29) is 0 Å². The molecule has 1 aromatic heterocycles. The maximum absolute atomic E-state index is 5.81. The lowest BCUT2D eigenvalue weighted by molar-refractivity contribution is 0.287. The van der Waals surface area contributed by atoms with Gasteiger partial charge in [-0.3, -0.25) is 0 Å². The van der Waals surface area contributed by atoms with Gasteiger partial charge in [0, 0.05) is 6.54 Å². The fraction of sp³-hybridized carbons (Fsp3) is 0.222. The molecule has 0 saturated carbocycles. The topological polar surface area (TPSA) is 39.9 Å². The van der Waals surface area contributed by atoms with Gasteiger partial charge in [0.2, 0.25) is 0 Å². The molecule has 5 heteroatoms. The van der Waals surface area contributed by atoms with Crippen LogP contribution in [0.15, 0.2) is 65.8 Å². The van der Waals surface area contributed by atoms with E-state index in [1.165, 1.54) is 5.56 Å². The summed E-state index contributed by atoms with van der Waals surface area (Å²) < 4.78 is 7.95. The van der Waals surface area contributed by atoms with E-state index in [4.69, 9.17) is 4.74 Å². The van der Waals surface area contributed by atoms with E-state index >= 15 is 0 Å². The summed E-state index contributed by atoms with van der Waals surface area (Å²) in [7, 11) is 0. The predicted molar refractivity (Wildman–Crippen MR) is 92.7 cm³/mol. The molecule has 23 heavy (non-hydrogen) atoms. The molecule has 0 radical (unpaired) electrons. The Bertz CT molecular complexity index is 729. The van der Waals surface area contributed by atoms with Gasteiger partial charge in [-0.15, -0.1) is 10.2 Å². The summed E-state index contributed by atoms with van der Waals surface area (Å²) >= 11 is 1.61. The Morgan fingerprint density at radius 2 is 1.65 bits per heavy atom. The fourth-order valence-corrected chi connectivity index (χ4v) is 2.89. The number of thioether (sulfide) groups is 1. The van der Waals surface area contributed by atoms with Crippen LogP contribution in [0.5, 0.6) is 5.75 Å². The van der Waals surface area contributed by atoms with Crippen molar-refractivity contribution >= 4 is 11.8 Å². The molecular weight excluding hydrogens is 306 g/mol. The number of rotatable bonds is 7. The highest BCUT2D eigenvalue weighted by atomic mass is 32.2. The van der Waals surface area contributed by atoms with Crippen LogP contribution >= 0.6 is 11.8 Å². The number of aryl methyl sites for hydroxylation is 1. The fourth-order valence-electron chi connectivity index (χ4n) is 2.35. The molecule has 4 nitrogen and oxygen atoms in total. The molecule has 2 aromatic carbocycles. The molecule has 0 saturated heterocycles. The molecule has 0 unspecified atom stereocenters. The monoisotopic (exact) mass is 325 g/mol. The maximum atomic E-state index is 5.81. The summed E-state index contributed by atoms with van der Waals surface area (Å²) in [5.41, 5.74) is 1.31. The minimum absolute atomic E-state index is 0.423. The summed E-state index contributed by atoms with van der Waals surface area (Å²) in [6.07, 6.45) is 2.97. The first-order chi connectivity index (χ1) is 11.4. The Morgan fingerprint density at radius 3 is 2.35 bits per heavy atom. The van der Waals surface area contributed by atoms with E-state index in [1.54, 1.807) is 11.8 Å². The van der Waals surface area contributed by atoms with Crippen molar-refractivity contribution in [1.82, 2.24) is 14.8 Å². The lowest BCUT2D eigenvalue weighted by Crippen LogP contribution is -2.10. The van der Waals surface area contributed by atoms with Crippen LogP contribution in [0.1, 0.15) is 11.4 Å². The lowest BCUT2D eigenvalue weighted by atomic mass is 10.1. The molecule has 0 atom stereocenters. The Morgan fingerprint density at radius 1 is 0.957 bits per heavy atom. The highest BCUT2D eigenvalue weighted by Gasteiger charge is 2.12. The largest absolute Gasteiger partial charge is 0.486 e. The quantitative estimate of drug-likeness (QED) is 0.619. The van der Waals surface area contributed by atoms with Gasteiger partial charge in [-0.2, -0.15) is 0 Å². The van der Waals surface area contributed by atoms with Crippen LogP contribution in [0.25, 0.3) is 0 Å². The third-order valence-electron chi connectivity index (χ3n) is 3.55. The number of nitrogens with zero attached hydrogens (tertiary/aromatic N) is 3. The second kappa shape index (κ2) is 7.83. The molecule has 3 aromatic rings. The molecule has 0 N–H and O–H groups in total. The number of ether oxygens (including phenoxy) is 1. The molecular formula is C18H19N3OS. The molecule has 0 amide bonds. The third-order valence-corrected chi connectivity index (χ3v) is 4.22. The molecule has 0 spiro atoms. The van der Waals surface area contributed by atoms with Crippen LogP contribution in [-0.2, 0) is 19.6 Å². The van der Waals surface area contributed by atoms with Crippen LogP contribution in [0, 0.1) is 0 Å². The van der Waals surface area contributed by atoms with Crippen molar-refractivity contribution in [2.75, 3.05) is 6.26 Å². The van der Waals surface area contributed by atoms with Gasteiger partial charge in [-0.25, -0.2) is 0 Å². The van der Waals surface area contributed by atoms with Crippen molar-refractivity contribution in [1.29, 1.82) is 0 Å². The van der Waals surface area contributed by atoms with Crippen LogP contribution in [-0.4, -0.2) is 21.0 Å². The highest BCUT2D eigenvalue weighted by Crippen LogP contribution is 2.17. The third kappa shape index (κ3) is 4.13. The summed E-state index contributed by atoms with van der Waals surface area (Å²) in [5.74, 6) is 1.70. The van der Waals surface area contributed by atoms with Gasteiger partial charge >= 0.3 is 0 Å². The number of benzene rings is 2. The van der Waals surface area contributed by atoms with Gasteiger partial charge < -0.3 is 9.30 Å². The van der Waals surface area contributed by atoms with Crippen molar-refractivity contribution in [2.24, 2.45) is 0 Å². The van der Waals surface area contributed by atoms with Crippen LogP contribution in [0.4, 0.5) is 0 Å². The molecule has 0 fully saturated rings. The van der Waals surface area contributed by atoms with Crippen molar-refractivity contribution in [3.05, 3.63) is 72.1 Å². The zero-order valence-corrected chi connectivity index (χ0v) is 13.9. The van der Waals surface area contributed by atoms with E-state index in [9.17, 15) is 0 Å². The zero-order chi connectivity index (χ0) is 15.9. The van der Waals surface area contributed by atoms with E-state index in [0.717, 1.165) is 29.7 Å². The Kier molecular flexibility index (Phi) is 5.32. The van der Waals surface area contributed by atoms with Crippen molar-refractivity contribution in [3.8, 4) is 5.75 Å². The maximum Gasteiger partial charge on any atom is 0.191 e. The molecule has 0 aliphatic heterocycles. The first-order valence-corrected chi connectivity index (χ1v) is 8.77. The van der Waals surface area contributed by atoms with Crippen molar-refractivity contribution < 1.29 is 4.74 Å². The van der Waals surface area contributed by atoms with Crippen LogP contribution in [0.3, 0.4) is 0 Å². The standard InChI is InChI=1S/C18H19N3OS/c1-23-18-20-19-17(14-22-16-10-6-3-7-11-16)21(18)13-12-15-8-4-2-5-9-15/h2-11H,12-14H2,1H3. The van der Waals surface area contributed by atoms with Gasteiger partial charge in [0.25, 0.3) is 0 Å². The Balaban J connectivity index is 1.69. The smallest absolute Gasteiger partial charge is 0.191 e. The predicted octanol–water partition coefficient (Wildman–Crippen LogP) is 3.82. The van der Waals surface area contributed by atoms with E-state index in [1.807, 2.05) is 42.7 Å². The molecule has 0 bridgehead atoms. The zero-order valence-electron chi connectivity index (χ0n) is 13.1. The first-order valence-electron chi connectivity index (χ1n) is 7.54. The van der Waals surface area contributed by atoms with Crippen molar-refractivity contribution in [2.45, 2.75) is 24.7 Å². The number of hydrogen-bond donors (Lipinski definition) is 0. The molecule has 0 aliphatic carbocycles. The van der Waals surface area contributed by atoms with E-state index in [2.05, 4.69) is 39.0 Å². The summed E-state index contributed by atoms with van der Waals surface area (Å²) in [4.78, 5) is 0. The van der Waals surface area contributed by atoms with Crippen LogP contribution < -0.4 is 4.74 Å². The number of hydrogen-bond acceptors (Lipinski definition) is 4. The first kappa shape index (κ1) is 15.6. The lowest BCUT2D eigenvalue weighted by Gasteiger charge is -2.10. The van der Waals surface area contributed by atoms with Gasteiger partial charge in [0.1, 0.15) is 12.4 Å². The van der Waals surface area contributed by atoms with Crippen LogP contribution in [0.2, 0.25) is 0 Å². The summed E-state index contributed by atoms with van der Waals surface area (Å²) in [5, 5.41) is 9.46. The Hall–Kier alpha value is -2.27. The van der Waals surface area contributed by atoms with E-state index in [0.29, 0.717) is 6.61 Å². The number of para-hydroxylation sites is 1. The average Bonchev–Trinajstić information content (AvgIpc) is 3.02. The van der Waals surface area contributed by atoms with Gasteiger partial charge in [0.05, 0.1) is 0 Å². The second-order valence-electron chi connectivity index (χ2n) is 5.09. The minimum Gasteiger partial charge on any atom is -0.486 e. The van der Waals surface area contributed by atoms with Gasteiger partial charge in [-0.05, 0) is 30.4 Å². The molecule has 118 valence electrons. The molecule has 3 rings (SSSR count). The number of aromatic nitrogens is 3.